The number of esters is 1. The third-order valence-electron chi connectivity index (χ3n) is 11.6. The lowest BCUT2D eigenvalue weighted by atomic mass is 9.88. The van der Waals surface area contributed by atoms with Gasteiger partial charge in [-0.2, -0.15) is 0 Å². The molecular formula is C42H65N3O12. The van der Waals surface area contributed by atoms with Gasteiger partial charge in [0.1, 0.15) is 11.7 Å². The van der Waals surface area contributed by atoms with Crippen molar-refractivity contribution in [2.24, 2.45) is 11.8 Å². The second kappa shape index (κ2) is 21.0. The van der Waals surface area contributed by atoms with Gasteiger partial charge >= 0.3 is 12.1 Å². The van der Waals surface area contributed by atoms with E-state index >= 15 is 0 Å². The van der Waals surface area contributed by atoms with E-state index in [1.54, 1.807) is 36.1 Å². The van der Waals surface area contributed by atoms with Crippen LogP contribution in [0.5, 0.6) is 0 Å². The maximum atomic E-state index is 13.6. The molecule has 0 radical (unpaired) electrons. The minimum atomic E-state index is -1.17. The number of hydrogen-bond donors (Lipinski definition) is 3. The van der Waals surface area contributed by atoms with Gasteiger partial charge in [0.15, 0.2) is 6.10 Å². The van der Waals surface area contributed by atoms with Gasteiger partial charge in [-0.3, -0.25) is 24.2 Å². The molecule has 3 amide bonds. The fourth-order valence-corrected chi connectivity index (χ4v) is 7.45. The van der Waals surface area contributed by atoms with E-state index < -0.39 is 47.7 Å². The number of imide groups is 1. The van der Waals surface area contributed by atoms with Crippen LogP contribution in [0, 0.1) is 11.8 Å². The Morgan fingerprint density at radius 3 is 2.42 bits per heavy atom. The Morgan fingerprint density at radius 2 is 1.77 bits per heavy atom. The second-order valence-electron chi connectivity index (χ2n) is 16.3. The predicted octanol–water partition coefficient (Wildman–Crippen LogP) is 2.92. The maximum Gasteiger partial charge on any atom is 0.410 e. The van der Waals surface area contributed by atoms with E-state index in [9.17, 15) is 34.5 Å². The molecule has 0 aromatic heterocycles. The van der Waals surface area contributed by atoms with E-state index in [4.69, 9.17) is 23.7 Å². The van der Waals surface area contributed by atoms with Gasteiger partial charge in [-0.25, -0.2) is 4.79 Å². The smallest absolute Gasteiger partial charge is 0.410 e. The van der Waals surface area contributed by atoms with Gasteiger partial charge in [0.05, 0.1) is 56.2 Å². The second-order valence-corrected chi connectivity index (χ2v) is 16.3. The zero-order valence-corrected chi connectivity index (χ0v) is 34.7. The standard InChI is InChI=1S/C42H65N3O12/c1-8-32(47)30(4)39-33(55-39)27-41(5,52)16-9-10-28(2)38-29(3)11-12-34(42(6,53-7)17-15-31(46)26-37(50)57-38)56-40(51)44-20-18-43(19-21-44)22-24-54-25-23-45-35(48)13-14-36(45)49/h9-14,16,29-34,38-39,46-47,52H,8,15,17-27H2,1-7H3/b12-11?,16-9+,28-10+/t29?,30-,31?,32+,33-,34?,38?,39-,41?,42?/m1/s1. The first-order chi connectivity index (χ1) is 27.0. The Balaban J connectivity index is 1.36. The van der Waals surface area contributed by atoms with Gasteiger partial charge in [-0.15, -0.1) is 0 Å². The molecule has 0 spiro atoms. The van der Waals surface area contributed by atoms with Gasteiger partial charge in [0, 0.05) is 70.2 Å². The van der Waals surface area contributed by atoms with Crippen molar-refractivity contribution in [2.75, 3.05) is 59.6 Å². The Hall–Kier alpha value is -3.44. The summed E-state index contributed by atoms with van der Waals surface area (Å²) in [5.41, 5.74) is -1.48. The highest BCUT2D eigenvalue weighted by Crippen LogP contribution is 2.38. The molecule has 4 heterocycles. The van der Waals surface area contributed by atoms with Crippen molar-refractivity contribution in [3.05, 3.63) is 48.1 Å². The monoisotopic (exact) mass is 803 g/mol. The lowest BCUT2D eigenvalue weighted by Gasteiger charge is -2.38. The van der Waals surface area contributed by atoms with Crippen molar-refractivity contribution in [3.8, 4) is 0 Å². The molecule has 15 nitrogen and oxygen atoms in total. The zero-order chi connectivity index (χ0) is 41.9. The summed E-state index contributed by atoms with van der Waals surface area (Å²) in [6.45, 7) is 14.7. The number of allylic oxidation sites excluding steroid dienone is 2. The zero-order valence-electron chi connectivity index (χ0n) is 34.7. The molecule has 2 fully saturated rings. The number of nitrogens with zero attached hydrogens (tertiary/aromatic N) is 3. The normalized spacial score (nSPS) is 31.5. The SMILES string of the molecule is CC[C@H](O)[C@@H](C)[C@H]1O[C@@H]1CC(C)(O)/C=C/C=C(\C)C1OC(=O)CC(O)CCC(C)(OC)C(OC(=O)N2CCN(CCOCCN3C(=O)C=CC3=O)CC2)C=CC1C. The number of ether oxygens (including phenoxy) is 5. The minimum absolute atomic E-state index is 0.0243. The van der Waals surface area contributed by atoms with Crippen LogP contribution in [0.25, 0.3) is 0 Å². The van der Waals surface area contributed by atoms with Crippen LogP contribution < -0.4 is 0 Å². The Labute approximate surface area is 337 Å². The molecule has 320 valence electrons. The van der Waals surface area contributed by atoms with Gasteiger partial charge in [0.25, 0.3) is 11.8 Å². The first kappa shape index (κ1) is 46.3. The molecule has 0 saturated carbocycles. The van der Waals surface area contributed by atoms with E-state index in [1.807, 2.05) is 40.7 Å². The van der Waals surface area contributed by atoms with Crippen molar-refractivity contribution in [1.29, 1.82) is 0 Å². The molecule has 0 aromatic carbocycles. The first-order valence-corrected chi connectivity index (χ1v) is 20.3. The summed E-state index contributed by atoms with van der Waals surface area (Å²) in [5, 5.41) is 32.1. The maximum absolute atomic E-state index is 13.6. The number of piperazine rings is 1. The largest absolute Gasteiger partial charge is 0.457 e. The highest BCUT2D eigenvalue weighted by Gasteiger charge is 2.47. The van der Waals surface area contributed by atoms with Gasteiger partial charge in [-0.1, -0.05) is 45.1 Å². The van der Waals surface area contributed by atoms with Crippen LogP contribution in [0.15, 0.2) is 48.1 Å². The number of aliphatic hydroxyl groups excluding tert-OH is 2. The topological polar surface area (TPSA) is 188 Å². The van der Waals surface area contributed by atoms with Gasteiger partial charge < -0.3 is 43.9 Å². The third-order valence-corrected chi connectivity index (χ3v) is 11.6. The molecule has 4 rings (SSSR count). The molecular weight excluding hydrogens is 738 g/mol. The number of carbonyl (C=O) groups is 4. The summed E-state index contributed by atoms with van der Waals surface area (Å²) in [6, 6.07) is 0. The number of aliphatic hydroxyl groups is 3. The number of hydrogen-bond acceptors (Lipinski definition) is 13. The van der Waals surface area contributed by atoms with E-state index in [0.29, 0.717) is 64.2 Å². The lowest BCUT2D eigenvalue weighted by molar-refractivity contribution is -0.151. The molecule has 0 bridgehead atoms. The predicted molar refractivity (Wildman–Crippen MR) is 211 cm³/mol. The first-order valence-electron chi connectivity index (χ1n) is 20.3. The van der Waals surface area contributed by atoms with Crippen molar-refractivity contribution < 1.29 is 58.2 Å². The highest BCUT2D eigenvalue weighted by atomic mass is 16.6. The number of rotatable bonds is 16. The van der Waals surface area contributed by atoms with Crippen LogP contribution in [-0.4, -0.2) is 161 Å². The third kappa shape index (κ3) is 13.6. The lowest BCUT2D eigenvalue weighted by Crippen LogP contribution is -2.52. The Morgan fingerprint density at radius 1 is 1.11 bits per heavy atom. The van der Waals surface area contributed by atoms with E-state index in [-0.39, 0.29) is 61.9 Å². The number of amides is 3. The number of epoxide rings is 1. The molecule has 57 heavy (non-hydrogen) atoms. The van der Waals surface area contributed by atoms with Crippen LogP contribution >= 0.6 is 0 Å². The van der Waals surface area contributed by atoms with Crippen LogP contribution in [0.2, 0.25) is 0 Å². The van der Waals surface area contributed by atoms with E-state index in [0.717, 1.165) is 4.90 Å². The summed E-state index contributed by atoms with van der Waals surface area (Å²) in [6.07, 6.45) is 8.86. The van der Waals surface area contributed by atoms with Crippen molar-refractivity contribution in [2.45, 2.75) is 121 Å². The van der Waals surface area contributed by atoms with E-state index in [1.165, 1.54) is 19.3 Å². The molecule has 4 aliphatic heterocycles. The molecule has 2 saturated heterocycles. The molecule has 10 atom stereocenters. The summed E-state index contributed by atoms with van der Waals surface area (Å²) < 4.78 is 29.4. The van der Waals surface area contributed by atoms with Gasteiger partial charge in [-0.05, 0) is 51.7 Å². The molecule has 15 heteroatoms. The molecule has 4 aliphatic rings. The number of cyclic esters (lactones) is 1. The van der Waals surface area contributed by atoms with Crippen molar-refractivity contribution in [3.63, 3.8) is 0 Å². The molecule has 6 unspecified atom stereocenters. The van der Waals surface area contributed by atoms with Crippen molar-refractivity contribution >= 4 is 23.9 Å². The molecule has 0 aromatic rings. The molecule has 3 N–H and O–H groups in total. The van der Waals surface area contributed by atoms with Crippen LogP contribution in [0.3, 0.4) is 0 Å². The van der Waals surface area contributed by atoms with E-state index in [2.05, 4.69) is 4.90 Å². The summed E-state index contributed by atoms with van der Waals surface area (Å²) in [4.78, 5) is 55.0. The molecule has 0 aliphatic carbocycles. The highest BCUT2D eigenvalue weighted by molar-refractivity contribution is 6.12. The van der Waals surface area contributed by atoms with Crippen LogP contribution in [-0.2, 0) is 38.1 Å². The van der Waals surface area contributed by atoms with Crippen LogP contribution in [0.1, 0.15) is 73.6 Å². The fourth-order valence-electron chi connectivity index (χ4n) is 7.45. The average Bonchev–Trinajstić information content (AvgIpc) is 3.86. The fraction of sp³-hybridized carbons (Fsp3) is 0.714. The average molecular weight is 804 g/mol. The number of methoxy groups -OCH3 is 1. The summed E-state index contributed by atoms with van der Waals surface area (Å²) in [7, 11) is 1.53. The minimum Gasteiger partial charge on any atom is -0.457 e. The van der Waals surface area contributed by atoms with Crippen molar-refractivity contribution in [1.82, 2.24) is 14.7 Å². The number of carbonyl (C=O) groups excluding carboxylic acids is 4. The summed E-state index contributed by atoms with van der Waals surface area (Å²) >= 11 is 0. The Kier molecular flexibility index (Phi) is 17.0. The summed E-state index contributed by atoms with van der Waals surface area (Å²) in [5.74, 6) is -1.61. The Bertz CT molecular complexity index is 1490. The quantitative estimate of drug-likeness (QED) is 0.0517. The van der Waals surface area contributed by atoms with Crippen LogP contribution in [0.4, 0.5) is 4.79 Å². The van der Waals surface area contributed by atoms with Gasteiger partial charge in [0.2, 0.25) is 0 Å².